The molecule has 0 aliphatic carbocycles. The molecule has 0 bridgehead atoms. The van der Waals surface area contributed by atoms with Gasteiger partial charge in [0.1, 0.15) is 37.9 Å². The Morgan fingerprint density at radius 1 is 1.24 bits per heavy atom. The molecular formula is C27H40F3N5O5Si. The molecule has 0 radical (unpaired) electrons. The van der Waals surface area contributed by atoms with Gasteiger partial charge in [0, 0.05) is 25.4 Å². The first kappa shape index (κ1) is 30.9. The number of likely N-dealkylation sites (tertiary alicyclic amines) is 1. The number of carbonyl (C=O) groups excluding carboxylic acids is 2. The molecule has 10 nitrogen and oxygen atoms in total. The van der Waals surface area contributed by atoms with Crippen LogP contribution in [0.25, 0.3) is 0 Å². The molecule has 3 aliphatic rings. The molecule has 1 N–H and O–H groups in total. The minimum atomic E-state index is -4.68. The number of rotatable bonds is 6. The van der Waals surface area contributed by atoms with Crippen molar-refractivity contribution in [3.05, 3.63) is 17.7 Å². The summed E-state index contributed by atoms with van der Waals surface area (Å²) < 4.78 is 59.7. The van der Waals surface area contributed by atoms with Crippen molar-refractivity contribution in [3.8, 4) is 5.75 Å². The van der Waals surface area contributed by atoms with E-state index < -0.39 is 48.9 Å². The standard InChI is InChI=1S/C27H40F3N5O5Si/c1-10-38-24(41(7,8)9)35-22(36)16(2)34-19-12-18(17(27(28,29)30)11-20(19)39-13-21(34)32-35)31-26(6)14-33(15-26)23(37)40-25(3,4)5/h11-12,16,24,31H,10,13-15H2,1-9H3. The molecule has 1 aromatic rings. The molecule has 2 amide bonds. The number of nitrogens with zero attached hydrogens (tertiary/aromatic N) is 4. The Morgan fingerprint density at radius 2 is 1.88 bits per heavy atom. The summed E-state index contributed by atoms with van der Waals surface area (Å²) in [7, 11) is -2.04. The maximum atomic E-state index is 14.2. The summed E-state index contributed by atoms with van der Waals surface area (Å²) in [5, 5.41) is 8.98. The number of carbonyl (C=O) groups is 2. The third kappa shape index (κ3) is 6.27. The number of alkyl halides is 3. The van der Waals surface area contributed by atoms with E-state index in [2.05, 4.69) is 30.1 Å². The summed E-state index contributed by atoms with van der Waals surface area (Å²) in [6.07, 6.45) is -5.20. The highest BCUT2D eigenvalue weighted by atomic mass is 28.3. The number of benzene rings is 1. The highest BCUT2D eigenvalue weighted by molar-refractivity contribution is 6.77. The molecule has 4 rings (SSSR count). The van der Waals surface area contributed by atoms with Crippen LogP contribution in [0.5, 0.6) is 5.75 Å². The van der Waals surface area contributed by atoms with E-state index >= 15 is 0 Å². The highest BCUT2D eigenvalue weighted by Gasteiger charge is 2.48. The number of hydrazone groups is 1. The fourth-order valence-electron chi connectivity index (χ4n) is 5.22. The van der Waals surface area contributed by atoms with Crippen LogP contribution < -0.4 is 15.0 Å². The molecule has 2 unspecified atom stereocenters. The molecule has 1 fully saturated rings. The first-order valence-electron chi connectivity index (χ1n) is 13.7. The zero-order valence-electron chi connectivity index (χ0n) is 25.1. The normalized spacial score (nSPS) is 21.3. The zero-order valence-corrected chi connectivity index (χ0v) is 26.1. The first-order valence-corrected chi connectivity index (χ1v) is 17.3. The lowest BCUT2D eigenvalue weighted by molar-refractivity contribution is -0.142. The molecule has 3 aliphatic heterocycles. The predicted octanol–water partition coefficient (Wildman–Crippen LogP) is 5.11. The molecule has 2 atom stereocenters. The van der Waals surface area contributed by atoms with Crippen molar-refractivity contribution in [2.45, 2.75) is 90.4 Å². The summed E-state index contributed by atoms with van der Waals surface area (Å²) >= 11 is 0. The third-order valence-electron chi connectivity index (χ3n) is 6.95. The van der Waals surface area contributed by atoms with E-state index in [4.69, 9.17) is 14.2 Å². The number of anilines is 2. The molecule has 14 heteroatoms. The minimum Gasteiger partial charge on any atom is -0.483 e. The lowest BCUT2D eigenvalue weighted by atomic mass is 9.91. The molecule has 1 aromatic carbocycles. The molecule has 1 saturated heterocycles. The lowest BCUT2D eigenvalue weighted by Crippen LogP contribution is -2.66. The molecule has 0 saturated carbocycles. The maximum Gasteiger partial charge on any atom is 0.418 e. The van der Waals surface area contributed by atoms with Crippen LogP contribution in [0.2, 0.25) is 19.6 Å². The Labute approximate surface area is 239 Å². The van der Waals surface area contributed by atoms with E-state index in [0.29, 0.717) is 18.1 Å². The van der Waals surface area contributed by atoms with Crippen molar-refractivity contribution in [1.82, 2.24) is 9.91 Å². The number of amides is 2. The van der Waals surface area contributed by atoms with Crippen molar-refractivity contribution in [2.24, 2.45) is 5.10 Å². The molecular weight excluding hydrogens is 559 g/mol. The Bertz CT molecular complexity index is 1240. The Balaban J connectivity index is 1.67. The lowest BCUT2D eigenvalue weighted by Gasteiger charge is -2.49. The van der Waals surface area contributed by atoms with Gasteiger partial charge in [0.25, 0.3) is 5.91 Å². The summed E-state index contributed by atoms with van der Waals surface area (Å²) in [5.74, 6) is -0.398. The number of hydrogen-bond donors (Lipinski definition) is 1. The van der Waals surface area contributed by atoms with Gasteiger partial charge in [-0.1, -0.05) is 19.6 Å². The Kier molecular flexibility index (Phi) is 7.83. The minimum absolute atomic E-state index is 0.00984. The average Bonchev–Trinajstić information content (AvgIpc) is 2.80. The van der Waals surface area contributed by atoms with Crippen LogP contribution in [-0.4, -0.2) is 85.2 Å². The van der Waals surface area contributed by atoms with Gasteiger partial charge in [-0.15, -0.1) is 0 Å². The van der Waals surface area contributed by atoms with Crippen molar-refractivity contribution in [2.75, 3.05) is 36.5 Å². The van der Waals surface area contributed by atoms with E-state index in [0.717, 1.165) is 6.07 Å². The van der Waals surface area contributed by atoms with Crippen LogP contribution in [0.4, 0.5) is 29.3 Å². The number of halogens is 3. The van der Waals surface area contributed by atoms with E-state index in [1.54, 1.807) is 39.5 Å². The van der Waals surface area contributed by atoms with Crippen LogP contribution in [0.3, 0.4) is 0 Å². The van der Waals surface area contributed by atoms with Crippen molar-refractivity contribution < 1.29 is 37.0 Å². The second-order valence-electron chi connectivity index (χ2n) is 13.1. The number of hydrogen-bond acceptors (Lipinski definition) is 8. The van der Waals surface area contributed by atoms with E-state index in [9.17, 15) is 22.8 Å². The summed E-state index contributed by atoms with van der Waals surface area (Å²) in [6, 6.07) is 1.55. The van der Waals surface area contributed by atoms with Gasteiger partial charge in [-0.05, 0) is 53.7 Å². The second-order valence-corrected chi connectivity index (χ2v) is 18.3. The fraction of sp³-hybridized carbons (Fsp3) is 0.667. The molecule has 228 valence electrons. The number of nitrogens with one attached hydrogen (secondary N) is 1. The molecule has 0 spiro atoms. The fourth-order valence-corrected chi connectivity index (χ4v) is 6.80. The van der Waals surface area contributed by atoms with Gasteiger partial charge in [-0.2, -0.15) is 18.3 Å². The van der Waals surface area contributed by atoms with Crippen molar-refractivity contribution in [3.63, 3.8) is 0 Å². The van der Waals surface area contributed by atoms with E-state index in [1.807, 2.05) is 6.92 Å². The third-order valence-corrected chi connectivity index (χ3v) is 8.84. The van der Waals surface area contributed by atoms with E-state index in [1.165, 1.54) is 16.0 Å². The van der Waals surface area contributed by atoms with Crippen LogP contribution in [0.1, 0.15) is 47.1 Å². The van der Waals surface area contributed by atoms with Gasteiger partial charge in [0.15, 0.2) is 5.84 Å². The van der Waals surface area contributed by atoms with Crippen LogP contribution in [-0.2, 0) is 20.4 Å². The van der Waals surface area contributed by atoms with Gasteiger partial charge >= 0.3 is 12.3 Å². The van der Waals surface area contributed by atoms with Gasteiger partial charge < -0.3 is 29.3 Å². The summed E-state index contributed by atoms with van der Waals surface area (Å²) in [5.41, 5.74) is -2.29. The molecule has 41 heavy (non-hydrogen) atoms. The van der Waals surface area contributed by atoms with Crippen LogP contribution in [0.15, 0.2) is 17.2 Å². The Hall–Kier alpha value is -3.00. The monoisotopic (exact) mass is 599 g/mol. The number of ether oxygens (including phenoxy) is 3. The number of fused-ring (bicyclic) bond motifs is 3. The second kappa shape index (κ2) is 10.4. The van der Waals surface area contributed by atoms with Crippen LogP contribution >= 0.6 is 0 Å². The summed E-state index contributed by atoms with van der Waals surface area (Å²) in [4.78, 5) is 29.1. The SMILES string of the molecule is CCOC(N1N=C2COc3cc(C(F)(F)F)c(NC4(C)CN(C(=O)OC(C)(C)C)C4)cc3N2C(C)C1=O)[Si](C)(C)C. The van der Waals surface area contributed by atoms with Crippen LogP contribution in [0, 0.1) is 0 Å². The van der Waals surface area contributed by atoms with Crippen molar-refractivity contribution in [1.29, 1.82) is 0 Å². The quantitative estimate of drug-likeness (QED) is 0.454. The highest BCUT2D eigenvalue weighted by Crippen LogP contribution is 2.46. The first-order chi connectivity index (χ1) is 18.7. The van der Waals surface area contributed by atoms with Gasteiger partial charge in [0.2, 0.25) is 0 Å². The zero-order chi connectivity index (χ0) is 30.7. The number of amidine groups is 1. The van der Waals surface area contributed by atoms with Gasteiger partial charge in [0.05, 0.1) is 16.8 Å². The summed E-state index contributed by atoms with van der Waals surface area (Å²) in [6.45, 7) is 17.4. The maximum absolute atomic E-state index is 14.2. The van der Waals surface area contributed by atoms with Gasteiger partial charge in [-0.3, -0.25) is 4.79 Å². The van der Waals surface area contributed by atoms with Gasteiger partial charge in [-0.25, -0.2) is 9.80 Å². The topological polar surface area (TPSA) is 95.9 Å². The Morgan fingerprint density at radius 3 is 2.41 bits per heavy atom. The molecule has 0 aromatic heterocycles. The molecule has 3 heterocycles. The smallest absolute Gasteiger partial charge is 0.418 e. The van der Waals surface area contributed by atoms with Crippen molar-refractivity contribution >= 4 is 37.3 Å². The predicted molar refractivity (Wildman–Crippen MR) is 152 cm³/mol. The average molecular weight is 600 g/mol. The van der Waals surface area contributed by atoms with E-state index in [-0.39, 0.29) is 37.0 Å². The largest absolute Gasteiger partial charge is 0.483 e.